The van der Waals surface area contributed by atoms with Crippen molar-refractivity contribution < 1.29 is 28.3 Å². The topological polar surface area (TPSA) is 156 Å². The highest BCUT2D eigenvalue weighted by Crippen LogP contribution is 2.42. The first kappa shape index (κ1) is 37.6. The number of esters is 1. The predicted octanol–water partition coefficient (Wildman–Crippen LogP) is 5.62. The molecule has 2 amide bonds. The number of methoxy groups -OCH3 is 1. The summed E-state index contributed by atoms with van der Waals surface area (Å²) in [6.45, 7) is 0.797. The Morgan fingerprint density at radius 1 is 0.929 bits per heavy atom. The maximum Gasteiger partial charge on any atom is 0.340 e. The third-order valence-corrected chi connectivity index (χ3v) is 12.1. The van der Waals surface area contributed by atoms with E-state index < -0.39 is 11.8 Å². The number of nitrogens with one attached hydrogen (secondary N) is 1. The number of benzene rings is 2. The predicted molar refractivity (Wildman–Crippen MR) is 206 cm³/mol. The number of amides is 2. The lowest BCUT2D eigenvalue weighted by Crippen LogP contribution is -2.65. The fourth-order valence-electron chi connectivity index (χ4n) is 9.12. The van der Waals surface area contributed by atoms with Gasteiger partial charge in [0.1, 0.15) is 49.0 Å². The van der Waals surface area contributed by atoms with Crippen LogP contribution in [0.4, 0.5) is 4.39 Å². The average Bonchev–Trinajstić information content (AvgIpc) is 3.94. The molecule has 4 aliphatic rings. The van der Waals surface area contributed by atoms with E-state index in [1.54, 1.807) is 27.9 Å². The van der Waals surface area contributed by atoms with Crippen molar-refractivity contribution in [3.63, 3.8) is 0 Å². The summed E-state index contributed by atoms with van der Waals surface area (Å²) in [6, 6.07) is 8.86. The molecule has 9 rings (SSSR count). The van der Waals surface area contributed by atoms with E-state index in [-0.39, 0.29) is 60.6 Å². The molecule has 0 unspecified atom stereocenters. The number of Topliss-reactive ketones (excluding diaryl/α,β-unsaturated/α-hetero) is 1. The number of carbonyl (C=O) groups excluding carboxylic acids is 4. The number of ether oxygens (including phenoxy) is 1. The number of nitrogens with zero attached hydrogens (tertiary/aromatic N) is 8. The number of piperidine rings is 1. The molecule has 2 fully saturated rings. The molecule has 4 bridgehead atoms. The lowest BCUT2D eigenvalue weighted by molar-refractivity contribution is -0.142. The molecule has 0 radical (unpaired) electrons. The van der Waals surface area contributed by atoms with Crippen LogP contribution in [-0.2, 0) is 43.5 Å². The Kier molecular flexibility index (Phi) is 10.8. The average molecular weight is 767 g/mol. The van der Waals surface area contributed by atoms with E-state index in [1.807, 2.05) is 18.2 Å². The van der Waals surface area contributed by atoms with Crippen LogP contribution < -0.4 is 9.91 Å². The maximum atomic E-state index is 16.1. The molecule has 1 saturated heterocycles. The van der Waals surface area contributed by atoms with Crippen molar-refractivity contribution in [1.82, 2.24) is 44.6 Å². The largest absolute Gasteiger partial charge is 0.468 e. The SMILES string of the molecule is COC(=O)Cn1cc(CNC(=O)Cn2nc3c4c(cccc42)-c2cc4c(cnn4[N+]4(C(=O)CCC(=O)CC5CCCCCCCC5)CCC3CC4)cc2F)nn1. The van der Waals surface area contributed by atoms with Gasteiger partial charge in [-0.2, -0.15) is 5.10 Å². The second kappa shape index (κ2) is 16.0. The summed E-state index contributed by atoms with van der Waals surface area (Å²) in [5, 5.41) is 21.9. The third kappa shape index (κ3) is 7.48. The number of hydrogen-bond donors (Lipinski definition) is 1. The van der Waals surface area contributed by atoms with Gasteiger partial charge in [0, 0.05) is 47.9 Å². The van der Waals surface area contributed by atoms with Crippen molar-refractivity contribution in [3.8, 4) is 11.1 Å². The summed E-state index contributed by atoms with van der Waals surface area (Å²) >= 11 is 0. The van der Waals surface area contributed by atoms with Crippen LogP contribution in [0.2, 0.25) is 0 Å². The summed E-state index contributed by atoms with van der Waals surface area (Å²) < 4.78 is 23.7. The lowest BCUT2D eigenvalue weighted by Gasteiger charge is -2.39. The Hall–Kier alpha value is -5.31. The van der Waals surface area contributed by atoms with Gasteiger partial charge in [-0.15, -0.1) is 14.8 Å². The smallest absolute Gasteiger partial charge is 0.340 e. The quantitative estimate of drug-likeness (QED) is 0.133. The molecule has 56 heavy (non-hydrogen) atoms. The minimum Gasteiger partial charge on any atom is -0.468 e. The molecule has 1 saturated carbocycles. The Labute approximate surface area is 323 Å². The van der Waals surface area contributed by atoms with Crippen LogP contribution in [0, 0.1) is 11.7 Å². The highest BCUT2D eigenvalue weighted by Gasteiger charge is 2.46. The van der Waals surface area contributed by atoms with Crippen molar-refractivity contribution >= 4 is 45.4 Å². The van der Waals surface area contributed by atoms with Gasteiger partial charge in [0.05, 0.1) is 43.7 Å². The number of halogens is 1. The number of ketones is 1. The van der Waals surface area contributed by atoms with Crippen molar-refractivity contribution in [2.75, 3.05) is 20.2 Å². The van der Waals surface area contributed by atoms with Crippen LogP contribution in [-0.4, -0.2) is 78.4 Å². The number of fused-ring (bicyclic) bond motifs is 2. The monoisotopic (exact) mass is 766 g/mol. The molecule has 0 spiro atoms. The van der Waals surface area contributed by atoms with Crippen LogP contribution in [0.25, 0.3) is 32.9 Å². The lowest BCUT2D eigenvalue weighted by atomic mass is 9.88. The minimum atomic E-state index is -0.464. The summed E-state index contributed by atoms with van der Waals surface area (Å²) in [6.07, 6.45) is 14.8. The van der Waals surface area contributed by atoms with Gasteiger partial charge in [-0.05, 0) is 29.7 Å². The summed E-state index contributed by atoms with van der Waals surface area (Å²) in [7, 11) is 1.29. The molecule has 6 heterocycles. The van der Waals surface area contributed by atoms with E-state index in [9.17, 15) is 19.2 Å². The molecular weight excluding hydrogens is 718 g/mol. The zero-order valence-electron chi connectivity index (χ0n) is 31.9. The summed E-state index contributed by atoms with van der Waals surface area (Å²) in [4.78, 5) is 54.6. The van der Waals surface area contributed by atoms with Crippen LogP contribution >= 0.6 is 0 Å². The number of hydrogen-bond acceptors (Lipinski definition) is 9. The van der Waals surface area contributed by atoms with Crippen LogP contribution in [0.5, 0.6) is 0 Å². The fraction of sp³-hybridized carbons (Fsp3) is 0.512. The second-order valence-corrected chi connectivity index (χ2v) is 15.8. The zero-order chi connectivity index (χ0) is 38.8. The van der Waals surface area contributed by atoms with E-state index in [4.69, 9.17) is 10.2 Å². The van der Waals surface area contributed by atoms with Crippen LogP contribution in [0.15, 0.2) is 42.7 Å². The molecule has 2 aromatic carbocycles. The molecule has 1 aliphatic carbocycles. The number of quaternary nitrogens is 1. The molecular formula is C41H49FN9O5+. The fourth-order valence-corrected chi connectivity index (χ4v) is 9.12. The van der Waals surface area contributed by atoms with E-state index in [0.29, 0.717) is 71.5 Å². The number of aromatic nitrogens is 7. The van der Waals surface area contributed by atoms with Crippen molar-refractivity contribution in [1.29, 1.82) is 0 Å². The van der Waals surface area contributed by atoms with E-state index in [1.165, 1.54) is 56.4 Å². The first-order valence-corrected chi connectivity index (χ1v) is 20.0. The van der Waals surface area contributed by atoms with Crippen molar-refractivity contribution in [3.05, 3.63) is 59.9 Å². The molecule has 3 aromatic heterocycles. The maximum absolute atomic E-state index is 16.1. The molecule has 3 aliphatic heterocycles. The zero-order valence-corrected chi connectivity index (χ0v) is 31.9. The van der Waals surface area contributed by atoms with Crippen molar-refractivity contribution in [2.24, 2.45) is 5.92 Å². The van der Waals surface area contributed by atoms with Gasteiger partial charge in [0.25, 0.3) is 0 Å². The second-order valence-electron chi connectivity index (χ2n) is 15.8. The Balaban J connectivity index is 1.06. The number of rotatable bonds is 11. The summed E-state index contributed by atoms with van der Waals surface area (Å²) in [5.74, 6) is -0.772. The molecule has 1 N–H and O–H groups in total. The van der Waals surface area contributed by atoms with Gasteiger partial charge in [0.2, 0.25) is 5.91 Å². The molecule has 294 valence electrons. The molecule has 15 heteroatoms. The Morgan fingerprint density at radius 3 is 2.46 bits per heavy atom. The van der Waals surface area contributed by atoms with Gasteiger partial charge in [-0.3, -0.25) is 19.1 Å². The van der Waals surface area contributed by atoms with Gasteiger partial charge in [-0.25, -0.2) is 13.9 Å². The van der Waals surface area contributed by atoms with E-state index in [2.05, 4.69) is 20.4 Å². The summed E-state index contributed by atoms with van der Waals surface area (Å²) in [5.41, 5.74) is 3.62. The Bertz CT molecular complexity index is 2270. The molecule has 5 aromatic rings. The van der Waals surface area contributed by atoms with Gasteiger partial charge >= 0.3 is 11.9 Å². The van der Waals surface area contributed by atoms with E-state index in [0.717, 1.165) is 23.9 Å². The minimum absolute atomic E-state index is 0.0587. The third-order valence-electron chi connectivity index (χ3n) is 12.1. The van der Waals surface area contributed by atoms with E-state index >= 15 is 4.39 Å². The van der Waals surface area contributed by atoms with Gasteiger partial charge < -0.3 is 10.1 Å². The van der Waals surface area contributed by atoms with Crippen molar-refractivity contribution in [2.45, 2.75) is 109 Å². The highest BCUT2D eigenvalue weighted by atomic mass is 19.1. The first-order chi connectivity index (χ1) is 27.2. The standard InChI is InChI=1S/C41H48FN9O5/c1-56-39(55)26-48-24-30(45-47-48)23-43-37(53)25-49-35-12-8-11-32-33-21-36-29(20-34(33)42)22-44-50(36)51(17-15-28(16-18-51)41(46-49)40(32)35)38(54)14-13-31(52)19-27-9-6-4-2-3-5-7-10-27/h8,11-12,20-22,24,27-28H,2-7,9-10,13-19,23,25-26H2,1H3/p+1. The van der Waals surface area contributed by atoms with Crippen LogP contribution in [0.3, 0.4) is 0 Å². The normalized spacial score (nSPS) is 20.0. The van der Waals surface area contributed by atoms with Gasteiger partial charge in [-0.1, -0.05) is 73.5 Å². The Morgan fingerprint density at radius 2 is 1.70 bits per heavy atom. The van der Waals surface area contributed by atoms with Gasteiger partial charge in [0.15, 0.2) is 0 Å². The highest BCUT2D eigenvalue weighted by molar-refractivity contribution is 6.00. The molecule has 0 atom stereocenters. The number of carbonyl (C=O) groups is 4. The first-order valence-electron chi connectivity index (χ1n) is 20.0. The van der Waals surface area contributed by atoms with Crippen LogP contribution in [0.1, 0.15) is 101 Å². The molecule has 14 nitrogen and oxygen atoms in total.